The summed E-state index contributed by atoms with van der Waals surface area (Å²) >= 11 is 0. The standard InChI is InChI=1S/C13H27N3O2/c1-9(13(3,4)5)7-12(17)16(6)10(2)8-11(14)15-18/h9-10,18H,7-8H2,1-6H3,(H2,14,15). The van der Waals surface area contributed by atoms with Crippen molar-refractivity contribution in [2.45, 2.75) is 53.5 Å². The van der Waals surface area contributed by atoms with E-state index in [0.717, 1.165) is 0 Å². The molecule has 5 nitrogen and oxygen atoms in total. The second-order valence-electron chi connectivity index (χ2n) is 6.12. The number of amidine groups is 1. The number of hydrogen-bond donors (Lipinski definition) is 2. The maximum atomic E-state index is 12.1. The van der Waals surface area contributed by atoms with Crippen LogP contribution in [0.2, 0.25) is 0 Å². The number of amides is 1. The Morgan fingerprint density at radius 2 is 1.83 bits per heavy atom. The summed E-state index contributed by atoms with van der Waals surface area (Å²) in [5.74, 6) is 0.546. The first-order chi connectivity index (χ1) is 8.09. The number of carbonyl (C=O) groups is 1. The fraction of sp³-hybridized carbons (Fsp3) is 0.846. The van der Waals surface area contributed by atoms with Crippen LogP contribution in [0.4, 0.5) is 0 Å². The molecule has 1 amide bonds. The summed E-state index contributed by atoms with van der Waals surface area (Å²) in [4.78, 5) is 13.8. The predicted molar refractivity (Wildman–Crippen MR) is 73.5 cm³/mol. The molecule has 0 aromatic heterocycles. The molecular formula is C13H27N3O2. The molecule has 0 fully saturated rings. The fourth-order valence-electron chi connectivity index (χ4n) is 1.44. The molecule has 106 valence electrons. The van der Waals surface area contributed by atoms with Crippen LogP contribution in [0, 0.1) is 11.3 Å². The average molecular weight is 257 g/mol. The summed E-state index contributed by atoms with van der Waals surface area (Å²) in [7, 11) is 1.76. The summed E-state index contributed by atoms with van der Waals surface area (Å²) in [5, 5.41) is 11.4. The Labute approximate surface area is 110 Å². The molecule has 0 spiro atoms. The Hall–Kier alpha value is -1.26. The molecule has 0 aliphatic heterocycles. The molecule has 0 aliphatic carbocycles. The minimum Gasteiger partial charge on any atom is -0.409 e. The van der Waals surface area contributed by atoms with E-state index >= 15 is 0 Å². The minimum absolute atomic E-state index is 0.0689. The molecule has 0 aromatic carbocycles. The number of carbonyl (C=O) groups excluding carboxylic acids is 1. The van der Waals surface area contributed by atoms with E-state index in [0.29, 0.717) is 18.8 Å². The van der Waals surface area contributed by atoms with Crippen molar-refractivity contribution < 1.29 is 10.0 Å². The lowest BCUT2D eigenvalue weighted by Crippen LogP contribution is -2.39. The van der Waals surface area contributed by atoms with Gasteiger partial charge in [0, 0.05) is 25.9 Å². The van der Waals surface area contributed by atoms with Gasteiger partial charge in [0.15, 0.2) is 0 Å². The smallest absolute Gasteiger partial charge is 0.222 e. The summed E-state index contributed by atoms with van der Waals surface area (Å²) in [6.07, 6.45) is 0.892. The van der Waals surface area contributed by atoms with Crippen LogP contribution in [-0.4, -0.2) is 34.9 Å². The normalized spacial score (nSPS) is 16.2. The van der Waals surface area contributed by atoms with Gasteiger partial charge >= 0.3 is 0 Å². The van der Waals surface area contributed by atoms with Crippen LogP contribution in [0.3, 0.4) is 0 Å². The number of hydrogen-bond acceptors (Lipinski definition) is 3. The molecular weight excluding hydrogens is 230 g/mol. The van der Waals surface area contributed by atoms with E-state index in [1.807, 2.05) is 6.92 Å². The SMILES string of the molecule is CC(C/C(N)=N/O)N(C)C(=O)CC(C)C(C)(C)C. The molecule has 0 aromatic rings. The molecule has 2 atom stereocenters. The molecule has 0 rings (SSSR count). The molecule has 5 heteroatoms. The van der Waals surface area contributed by atoms with Gasteiger partial charge in [0.25, 0.3) is 0 Å². The van der Waals surface area contributed by atoms with E-state index < -0.39 is 0 Å². The van der Waals surface area contributed by atoms with Crippen molar-refractivity contribution in [3.8, 4) is 0 Å². The quantitative estimate of drug-likeness (QED) is 0.342. The molecule has 0 bridgehead atoms. The van der Waals surface area contributed by atoms with Crippen molar-refractivity contribution in [2.75, 3.05) is 7.05 Å². The monoisotopic (exact) mass is 257 g/mol. The van der Waals surface area contributed by atoms with Crippen LogP contribution < -0.4 is 5.73 Å². The Morgan fingerprint density at radius 1 is 1.33 bits per heavy atom. The summed E-state index contributed by atoms with van der Waals surface area (Å²) in [6, 6.07) is -0.0689. The highest BCUT2D eigenvalue weighted by molar-refractivity contribution is 5.82. The number of nitrogens with two attached hydrogens (primary N) is 1. The zero-order valence-electron chi connectivity index (χ0n) is 12.4. The first kappa shape index (κ1) is 16.7. The van der Waals surface area contributed by atoms with Gasteiger partial charge in [0.05, 0.1) is 0 Å². The Kier molecular flexibility index (Phi) is 6.15. The molecule has 0 aliphatic rings. The van der Waals surface area contributed by atoms with Crippen molar-refractivity contribution in [3.63, 3.8) is 0 Å². The topological polar surface area (TPSA) is 78.9 Å². The summed E-state index contributed by atoms with van der Waals surface area (Å²) in [5.41, 5.74) is 5.56. The Bertz CT molecular complexity index is 308. The van der Waals surface area contributed by atoms with Gasteiger partial charge < -0.3 is 15.8 Å². The van der Waals surface area contributed by atoms with Crippen molar-refractivity contribution in [1.29, 1.82) is 0 Å². The van der Waals surface area contributed by atoms with Crippen molar-refractivity contribution >= 4 is 11.7 Å². The van der Waals surface area contributed by atoms with Crippen molar-refractivity contribution in [2.24, 2.45) is 22.2 Å². The van der Waals surface area contributed by atoms with Crippen LogP contribution in [0.5, 0.6) is 0 Å². The third-order valence-corrected chi connectivity index (χ3v) is 3.65. The van der Waals surface area contributed by atoms with Gasteiger partial charge in [-0.15, -0.1) is 0 Å². The van der Waals surface area contributed by atoms with Crippen LogP contribution >= 0.6 is 0 Å². The maximum Gasteiger partial charge on any atom is 0.222 e. The third-order valence-electron chi connectivity index (χ3n) is 3.65. The van der Waals surface area contributed by atoms with E-state index in [2.05, 4.69) is 32.9 Å². The molecule has 0 heterocycles. The lowest BCUT2D eigenvalue weighted by Gasteiger charge is -2.30. The van der Waals surface area contributed by atoms with Crippen LogP contribution in [0.1, 0.15) is 47.5 Å². The van der Waals surface area contributed by atoms with Crippen molar-refractivity contribution in [1.82, 2.24) is 4.90 Å². The molecule has 0 saturated heterocycles. The van der Waals surface area contributed by atoms with Gasteiger partial charge in [-0.3, -0.25) is 4.79 Å². The fourth-order valence-corrected chi connectivity index (χ4v) is 1.44. The highest BCUT2D eigenvalue weighted by Crippen LogP contribution is 2.28. The largest absolute Gasteiger partial charge is 0.409 e. The Morgan fingerprint density at radius 3 is 2.22 bits per heavy atom. The molecule has 3 N–H and O–H groups in total. The average Bonchev–Trinajstić information content (AvgIpc) is 2.26. The first-order valence-electron chi connectivity index (χ1n) is 6.31. The van der Waals surface area contributed by atoms with Gasteiger partial charge in [-0.05, 0) is 18.3 Å². The first-order valence-corrected chi connectivity index (χ1v) is 6.31. The highest BCUT2D eigenvalue weighted by atomic mass is 16.4. The van der Waals surface area contributed by atoms with E-state index in [1.54, 1.807) is 11.9 Å². The number of nitrogens with zero attached hydrogens (tertiary/aromatic N) is 2. The van der Waals surface area contributed by atoms with Gasteiger partial charge in [0.1, 0.15) is 5.84 Å². The zero-order chi connectivity index (χ0) is 14.5. The maximum absolute atomic E-state index is 12.1. The zero-order valence-corrected chi connectivity index (χ0v) is 12.4. The van der Waals surface area contributed by atoms with E-state index in [1.165, 1.54) is 0 Å². The Balaban J connectivity index is 4.43. The lowest BCUT2D eigenvalue weighted by molar-refractivity contribution is -0.133. The lowest BCUT2D eigenvalue weighted by atomic mass is 9.80. The molecule has 0 saturated carbocycles. The summed E-state index contributed by atoms with van der Waals surface area (Å²) < 4.78 is 0. The van der Waals surface area contributed by atoms with E-state index in [9.17, 15) is 4.79 Å². The van der Waals surface area contributed by atoms with Gasteiger partial charge in [-0.2, -0.15) is 0 Å². The molecule has 2 unspecified atom stereocenters. The molecule has 18 heavy (non-hydrogen) atoms. The second kappa shape index (κ2) is 6.61. The molecule has 0 radical (unpaired) electrons. The van der Waals surface area contributed by atoms with Gasteiger partial charge in [-0.25, -0.2) is 0 Å². The third kappa shape index (κ3) is 5.38. The second-order valence-corrected chi connectivity index (χ2v) is 6.12. The van der Waals surface area contributed by atoms with Crippen molar-refractivity contribution in [3.05, 3.63) is 0 Å². The van der Waals surface area contributed by atoms with Crippen LogP contribution in [0.15, 0.2) is 5.16 Å². The van der Waals surface area contributed by atoms with Crippen LogP contribution in [-0.2, 0) is 4.79 Å². The van der Waals surface area contributed by atoms with Crippen LogP contribution in [0.25, 0.3) is 0 Å². The minimum atomic E-state index is -0.0689. The highest BCUT2D eigenvalue weighted by Gasteiger charge is 2.25. The van der Waals surface area contributed by atoms with Gasteiger partial charge in [0.2, 0.25) is 5.91 Å². The predicted octanol–water partition coefficient (Wildman–Crippen LogP) is 2.04. The number of rotatable bonds is 5. The summed E-state index contributed by atoms with van der Waals surface area (Å²) in [6.45, 7) is 10.4. The van der Waals surface area contributed by atoms with E-state index in [4.69, 9.17) is 10.9 Å². The number of oxime groups is 1. The van der Waals surface area contributed by atoms with E-state index in [-0.39, 0.29) is 23.2 Å². The van der Waals surface area contributed by atoms with Gasteiger partial charge in [-0.1, -0.05) is 32.9 Å².